The molecule has 106 valence electrons. The number of nitrogens with zero attached hydrogens (tertiary/aromatic N) is 4. The molecule has 0 amide bonds. The molecule has 0 aromatic carbocycles. The zero-order chi connectivity index (χ0) is 14.0. The third kappa shape index (κ3) is 3.60. The zero-order valence-corrected chi connectivity index (χ0v) is 10.7. The van der Waals surface area contributed by atoms with E-state index in [2.05, 4.69) is 9.97 Å². The van der Waals surface area contributed by atoms with E-state index in [1.807, 2.05) is 4.90 Å². The van der Waals surface area contributed by atoms with Crippen LogP contribution in [-0.2, 0) is 0 Å². The fraction of sp³-hybridized carbons (Fsp3) is 0.600. The van der Waals surface area contributed by atoms with Gasteiger partial charge in [0.05, 0.1) is 6.54 Å². The van der Waals surface area contributed by atoms with E-state index in [0.717, 1.165) is 0 Å². The Morgan fingerprint density at radius 1 is 1.21 bits per heavy atom. The molecule has 1 fully saturated rings. The first-order valence-electron chi connectivity index (χ1n) is 5.67. The van der Waals surface area contributed by atoms with E-state index in [-0.39, 0.29) is 10.8 Å². The first kappa shape index (κ1) is 14.1. The number of hydrogen-bond acceptors (Lipinski definition) is 5. The van der Waals surface area contributed by atoms with Gasteiger partial charge in [0.25, 0.3) is 0 Å². The number of piperazine rings is 1. The summed E-state index contributed by atoms with van der Waals surface area (Å²) in [5.41, 5.74) is 5.57. The lowest BCUT2D eigenvalue weighted by Gasteiger charge is -2.35. The van der Waals surface area contributed by atoms with Crippen LogP contribution in [0.1, 0.15) is 0 Å². The van der Waals surface area contributed by atoms with Crippen molar-refractivity contribution in [3.05, 3.63) is 11.3 Å². The van der Waals surface area contributed by atoms with Crippen LogP contribution in [-0.4, -0.2) is 53.8 Å². The third-order valence-corrected chi connectivity index (χ3v) is 3.24. The summed E-state index contributed by atoms with van der Waals surface area (Å²) in [7, 11) is 0. The van der Waals surface area contributed by atoms with Crippen LogP contribution in [0, 0.1) is 0 Å². The summed E-state index contributed by atoms with van der Waals surface area (Å²) in [5, 5.41) is 0.242. The quantitative estimate of drug-likeness (QED) is 0.894. The second-order valence-electron chi connectivity index (χ2n) is 4.27. The van der Waals surface area contributed by atoms with E-state index in [4.69, 9.17) is 17.3 Å². The fourth-order valence-corrected chi connectivity index (χ4v) is 2.18. The average molecular weight is 296 g/mol. The van der Waals surface area contributed by atoms with Gasteiger partial charge in [-0.2, -0.15) is 13.2 Å². The Kier molecular flexibility index (Phi) is 4.00. The maximum atomic E-state index is 12.3. The highest BCUT2D eigenvalue weighted by Crippen LogP contribution is 2.28. The number of hydrogen-bond donors (Lipinski definition) is 1. The molecule has 0 radical (unpaired) electrons. The second kappa shape index (κ2) is 5.38. The minimum Gasteiger partial charge on any atom is -0.382 e. The highest BCUT2D eigenvalue weighted by atomic mass is 35.5. The van der Waals surface area contributed by atoms with Gasteiger partial charge in [-0.25, -0.2) is 9.97 Å². The van der Waals surface area contributed by atoms with Crippen molar-refractivity contribution in [1.29, 1.82) is 0 Å². The molecular weight excluding hydrogens is 283 g/mol. The van der Waals surface area contributed by atoms with E-state index >= 15 is 0 Å². The van der Waals surface area contributed by atoms with Crippen molar-refractivity contribution in [2.75, 3.05) is 43.4 Å². The van der Waals surface area contributed by atoms with Crippen molar-refractivity contribution in [3.8, 4) is 0 Å². The second-order valence-corrected chi connectivity index (χ2v) is 4.65. The van der Waals surface area contributed by atoms with Crippen molar-refractivity contribution in [3.63, 3.8) is 0 Å². The van der Waals surface area contributed by atoms with Crippen LogP contribution >= 0.6 is 11.6 Å². The Morgan fingerprint density at radius 2 is 1.84 bits per heavy atom. The Morgan fingerprint density at radius 3 is 2.42 bits per heavy atom. The molecule has 2 rings (SSSR count). The van der Waals surface area contributed by atoms with Gasteiger partial charge in [-0.3, -0.25) is 4.90 Å². The topological polar surface area (TPSA) is 58.3 Å². The number of nitrogens with two attached hydrogens (primary N) is 1. The summed E-state index contributed by atoms with van der Waals surface area (Å²) in [6, 6.07) is 0. The van der Waals surface area contributed by atoms with E-state index < -0.39 is 12.7 Å². The van der Waals surface area contributed by atoms with E-state index in [1.54, 1.807) is 0 Å². The van der Waals surface area contributed by atoms with Crippen LogP contribution in [0.2, 0.25) is 5.02 Å². The molecule has 0 unspecified atom stereocenters. The molecule has 0 saturated carbocycles. The largest absolute Gasteiger partial charge is 0.401 e. The van der Waals surface area contributed by atoms with E-state index in [1.165, 1.54) is 11.2 Å². The number of halogens is 4. The molecule has 1 aliphatic rings. The number of anilines is 2. The van der Waals surface area contributed by atoms with Crippen LogP contribution < -0.4 is 10.6 Å². The Labute approximate surface area is 113 Å². The molecule has 0 spiro atoms. The predicted molar refractivity (Wildman–Crippen MR) is 66.2 cm³/mol. The highest BCUT2D eigenvalue weighted by molar-refractivity contribution is 6.35. The smallest absolute Gasteiger partial charge is 0.382 e. The number of aromatic nitrogens is 2. The van der Waals surface area contributed by atoms with Gasteiger partial charge in [-0.1, -0.05) is 11.6 Å². The first-order chi connectivity index (χ1) is 8.87. The molecule has 2 N–H and O–H groups in total. The van der Waals surface area contributed by atoms with Crippen LogP contribution in [0.5, 0.6) is 0 Å². The van der Waals surface area contributed by atoms with Gasteiger partial charge in [-0.05, 0) is 0 Å². The van der Waals surface area contributed by atoms with Crippen molar-refractivity contribution in [1.82, 2.24) is 14.9 Å². The van der Waals surface area contributed by atoms with Gasteiger partial charge in [-0.15, -0.1) is 0 Å². The van der Waals surface area contributed by atoms with Gasteiger partial charge in [0, 0.05) is 26.2 Å². The molecule has 9 heteroatoms. The maximum absolute atomic E-state index is 12.3. The molecule has 1 aliphatic heterocycles. The molecule has 1 aromatic rings. The molecule has 0 atom stereocenters. The molecule has 0 aliphatic carbocycles. The normalized spacial score (nSPS) is 17.8. The molecular formula is C10H13ClF3N5. The SMILES string of the molecule is Nc1ncnc(N2CCN(CC(F)(F)F)CC2)c1Cl. The standard InChI is InChI=1S/C10H13ClF3N5/c11-7-8(15)16-6-17-9(7)19-3-1-18(2-4-19)5-10(12,13)14/h6H,1-5H2,(H2,15,16,17). The van der Waals surface area contributed by atoms with Crippen LogP contribution in [0.3, 0.4) is 0 Å². The summed E-state index contributed by atoms with van der Waals surface area (Å²) in [5.74, 6) is 0.644. The Hall–Kier alpha value is -1.28. The van der Waals surface area contributed by atoms with Gasteiger partial charge in [0.1, 0.15) is 17.2 Å². The van der Waals surface area contributed by atoms with E-state index in [0.29, 0.717) is 32.0 Å². The average Bonchev–Trinajstić information content (AvgIpc) is 2.32. The monoisotopic (exact) mass is 295 g/mol. The fourth-order valence-electron chi connectivity index (χ4n) is 1.97. The van der Waals surface area contributed by atoms with Crippen LogP contribution in [0.4, 0.5) is 24.8 Å². The summed E-state index contributed by atoms with van der Waals surface area (Å²) in [6.07, 6.45) is -2.88. The van der Waals surface area contributed by atoms with Crippen molar-refractivity contribution < 1.29 is 13.2 Å². The molecule has 2 heterocycles. The summed E-state index contributed by atoms with van der Waals surface area (Å²) in [4.78, 5) is 10.9. The predicted octanol–water partition coefficient (Wildman–Crippen LogP) is 1.40. The van der Waals surface area contributed by atoms with Gasteiger partial charge >= 0.3 is 6.18 Å². The van der Waals surface area contributed by atoms with Crippen molar-refractivity contribution in [2.45, 2.75) is 6.18 Å². The lowest BCUT2D eigenvalue weighted by atomic mass is 10.3. The summed E-state index contributed by atoms with van der Waals surface area (Å²) >= 11 is 5.98. The van der Waals surface area contributed by atoms with E-state index in [9.17, 15) is 13.2 Å². The van der Waals surface area contributed by atoms with Crippen LogP contribution in [0.25, 0.3) is 0 Å². The Bertz CT molecular complexity index is 445. The molecule has 5 nitrogen and oxygen atoms in total. The minimum atomic E-state index is -4.17. The molecule has 1 saturated heterocycles. The van der Waals surface area contributed by atoms with Gasteiger partial charge in [0.15, 0.2) is 5.82 Å². The third-order valence-electron chi connectivity index (χ3n) is 2.87. The highest BCUT2D eigenvalue weighted by Gasteiger charge is 2.32. The first-order valence-corrected chi connectivity index (χ1v) is 6.04. The van der Waals surface area contributed by atoms with Gasteiger partial charge in [0.2, 0.25) is 0 Å². The molecule has 19 heavy (non-hydrogen) atoms. The summed E-state index contributed by atoms with van der Waals surface area (Å²) in [6.45, 7) is 0.568. The number of alkyl halides is 3. The zero-order valence-electron chi connectivity index (χ0n) is 9.99. The van der Waals surface area contributed by atoms with Crippen molar-refractivity contribution >= 4 is 23.2 Å². The molecule has 0 bridgehead atoms. The number of nitrogen functional groups attached to an aromatic ring is 1. The lowest BCUT2D eigenvalue weighted by Crippen LogP contribution is -2.49. The lowest BCUT2D eigenvalue weighted by molar-refractivity contribution is -0.146. The minimum absolute atomic E-state index is 0.171. The molecule has 1 aromatic heterocycles. The van der Waals surface area contributed by atoms with Gasteiger partial charge < -0.3 is 10.6 Å². The van der Waals surface area contributed by atoms with Crippen LogP contribution in [0.15, 0.2) is 6.33 Å². The number of rotatable bonds is 2. The Balaban J connectivity index is 1.98. The summed E-state index contributed by atoms with van der Waals surface area (Å²) < 4.78 is 36.8. The van der Waals surface area contributed by atoms with Crippen molar-refractivity contribution in [2.24, 2.45) is 0 Å². The maximum Gasteiger partial charge on any atom is 0.401 e.